The van der Waals surface area contributed by atoms with Gasteiger partial charge in [0.25, 0.3) is 5.91 Å². The zero-order chi connectivity index (χ0) is 24.5. The molecule has 0 bridgehead atoms. The zero-order valence-corrected chi connectivity index (χ0v) is 20.3. The number of carbonyl (C=O) groups excluding carboxylic acids is 1. The van der Waals surface area contributed by atoms with Gasteiger partial charge in [-0.25, -0.2) is 4.98 Å². The fraction of sp³-hybridized carbons (Fsp3) is 0.200. The molecule has 0 radical (unpaired) electrons. The standard InChI is InChI=1S/C25H23BrN6O3/c26-21-22(16-8-10-31(11-9-16)25(35)20(34)14-33)30-24-18(13-29-32(24)23(21)27)17-6-7-19(28-12-17)15-4-2-1-3-5-15/h1-8,12-13,20,33-34H,9-11,14,27H2. The number of pyridine rings is 1. The summed E-state index contributed by atoms with van der Waals surface area (Å²) in [6.45, 7) is 0.108. The molecule has 1 atom stereocenters. The van der Waals surface area contributed by atoms with Crippen molar-refractivity contribution in [1.29, 1.82) is 0 Å². The Morgan fingerprint density at radius 3 is 2.60 bits per heavy atom. The first-order valence-corrected chi connectivity index (χ1v) is 11.9. The predicted molar refractivity (Wildman–Crippen MR) is 136 cm³/mol. The Morgan fingerprint density at radius 2 is 1.94 bits per heavy atom. The summed E-state index contributed by atoms with van der Waals surface area (Å²) in [6, 6.07) is 13.9. The average molecular weight is 535 g/mol. The molecule has 1 aliphatic rings. The fourth-order valence-electron chi connectivity index (χ4n) is 4.12. The molecule has 0 saturated carbocycles. The summed E-state index contributed by atoms with van der Waals surface area (Å²) < 4.78 is 2.21. The summed E-state index contributed by atoms with van der Waals surface area (Å²) in [5.74, 6) is -0.0745. The highest BCUT2D eigenvalue weighted by Crippen LogP contribution is 2.35. The second-order valence-corrected chi connectivity index (χ2v) is 9.01. The van der Waals surface area contributed by atoms with Gasteiger partial charge in [0.05, 0.1) is 28.7 Å². The Kier molecular flexibility index (Phi) is 6.33. The van der Waals surface area contributed by atoms with Crippen molar-refractivity contribution in [2.45, 2.75) is 12.5 Å². The van der Waals surface area contributed by atoms with Crippen LogP contribution in [0.3, 0.4) is 0 Å². The fourth-order valence-corrected chi connectivity index (χ4v) is 4.63. The van der Waals surface area contributed by atoms with E-state index in [2.05, 4.69) is 26.0 Å². The average Bonchev–Trinajstić information content (AvgIpc) is 3.34. The number of anilines is 1. The summed E-state index contributed by atoms with van der Waals surface area (Å²) in [5, 5.41) is 23.1. The number of hydrogen-bond donors (Lipinski definition) is 3. The van der Waals surface area contributed by atoms with Crippen LogP contribution in [-0.4, -0.2) is 66.4 Å². The second kappa shape index (κ2) is 9.57. The van der Waals surface area contributed by atoms with Crippen LogP contribution in [0.15, 0.2) is 65.4 Å². The maximum Gasteiger partial charge on any atom is 0.254 e. The zero-order valence-electron chi connectivity index (χ0n) is 18.7. The Morgan fingerprint density at radius 1 is 1.14 bits per heavy atom. The molecule has 1 aliphatic heterocycles. The predicted octanol–water partition coefficient (Wildman–Crippen LogP) is 2.77. The first-order chi connectivity index (χ1) is 17.0. The van der Waals surface area contributed by atoms with Gasteiger partial charge in [-0.15, -0.1) is 0 Å². The van der Waals surface area contributed by atoms with Crippen LogP contribution in [0.4, 0.5) is 5.82 Å². The quantitative estimate of drug-likeness (QED) is 0.358. The molecule has 0 spiro atoms. The normalized spacial score (nSPS) is 14.7. The van der Waals surface area contributed by atoms with Crippen molar-refractivity contribution in [1.82, 2.24) is 24.5 Å². The van der Waals surface area contributed by atoms with Gasteiger partial charge in [0.1, 0.15) is 5.82 Å². The number of aliphatic hydroxyl groups excluding tert-OH is 2. The highest BCUT2D eigenvalue weighted by Gasteiger charge is 2.26. The third kappa shape index (κ3) is 4.31. The molecule has 0 aliphatic carbocycles. The Labute approximate surface area is 209 Å². The molecular formula is C25H23BrN6O3. The number of nitrogens with two attached hydrogens (primary N) is 1. The lowest BCUT2D eigenvalue weighted by Crippen LogP contribution is -2.42. The molecule has 0 saturated heterocycles. The Balaban J connectivity index is 1.49. The van der Waals surface area contributed by atoms with Crippen LogP contribution in [0.2, 0.25) is 0 Å². The maximum atomic E-state index is 12.2. The van der Waals surface area contributed by atoms with Gasteiger partial charge in [-0.1, -0.05) is 42.5 Å². The Hall–Kier alpha value is -3.60. The first kappa shape index (κ1) is 23.2. The van der Waals surface area contributed by atoms with Crippen molar-refractivity contribution in [2.75, 3.05) is 25.4 Å². The molecule has 4 aromatic rings. The number of halogens is 1. The van der Waals surface area contributed by atoms with Crippen LogP contribution >= 0.6 is 15.9 Å². The van der Waals surface area contributed by atoms with Gasteiger partial charge in [0.2, 0.25) is 0 Å². The van der Waals surface area contributed by atoms with Crippen molar-refractivity contribution in [3.63, 3.8) is 0 Å². The van der Waals surface area contributed by atoms with E-state index >= 15 is 0 Å². The minimum Gasteiger partial charge on any atom is -0.393 e. The molecule has 9 nitrogen and oxygen atoms in total. The molecule has 4 N–H and O–H groups in total. The molecule has 1 unspecified atom stereocenters. The Bertz CT molecular complexity index is 1420. The maximum absolute atomic E-state index is 12.2. The number of carbonyl (C=O) groups is 1. The summed E-state index contributed by atoms with van der Waals surface area (Å²) in [5.41, 5.74) is 12.2. The van der Waals surface area contributed by atoms with Gasteiger partial charge in [-0.05, 0) is 34.0 Å². The summed E-state index contributed by atoms with van der Waals surface area (Å²) in [7, 11) is 0. The highest BCUT2D eigenvalue weighted by molar-refractivity contribution is 9.10. The third-order valence-corrected chi connectivity index (χ3v) is 6.83. The van der Waals surface area contributed by atoms with Gasteiger partial charge < -0.3 is 20.8 Å². The lowest BCUT2D eigenvalue weighted by Gasteiger charge is -2.28. The number of nitrogens with zero attached hydrogens (tertiary/aromatic N) is 5. The third-order valence-electron chi connectivity index (χ3n) is 6.05. The van der Waals surface area contributed by atoms with E-state index in [1.807, 2.05) is 48.5 Å². The number of hydrogen-bond acceptors (Lipinski definition) is 7. The highest BCUT2D eigenvalue weighted by atomic mass is 79.9. The second-order valence-electron chi connectivity index (χ2n) is 8.21. The van der Waals surface area contributed by atoms with Crippen molar-refractivity contribution < 1.29 is 15.0 Å². The van der Waals surface area contributed by atoms with Crippen LogP contribution in [0.25, 0.3) is 33.6 Å². The number of nitrogen functional groups attached to an aromatic ring is 1. The lowest BCUT2D eigenvalue weighted by atomic mass is 10.0. The van der Waals surface area contributed by atoms with E-state index in [1.54, 1.807) is 16.9 Å². The summed E-state index contributed by atoms with van der Waals surface area (Å²) >= 11 is 3.56. The molecule has 4 heterocycles. The molecule has 178 valence electrons. The lowest BCUT2D eigenvalue weighted by molar-refractivity contribution is -0.141. The van der Waals surface area contributed by atoms with Gasteiger partial charge in [0, 0.05) is 36.0 Å². The topological polar surface area (TPSA) is 130 Å². The molecule has 35 heavy (non-hydrogen) atoms. The van der Waals surface area contributed by atoms with Crippen LogP contribution in [0, 0.1) is 0 Å². The van der Waals surface area contributed by atoms with E-state index in [0.29, 0.717) is 41.1 Å². The van der Waals surface area contributed by atoms with E-state index in [9.17, 15) is 9.90 Å². The first-order valence-electron chi connectivity index (χ1n) is 11.1. The number of aromatic nitrogens is 4. The minimum atomic E-state index is -1.40. The van der Waals surface area contributed by atoms with Gasteiger partial charge in [-0.2, -0.15) is 9.61 Å². The molecule has 10 heteroatoms. The van der Waals surface area contributed by atoms with E-state index in [0.717, 1.165) is 28.0 Å². The number of fused-ring (bicyclic) bond motifs is 1. The molecule has 1 aromatic carbocycles. The SMILES string of the molecule is Nc1c(Br)c(C2=CCN(C(=O)C(O)CO)CC2)nc2c(-c3ccc(-c4ccccc4)nc3)cnn12. The number of benzene rings is 1. The van der Waals surface area contributed by atoms with E-state index in [-0.39, 0.29) is 0 Å². The van der Waals surface area contributed by atoms with Crippen LogP contribution in [-0.2, 0) is 4.79 Å². The molecule has 3 aromatic heterocycles. The monoisotopic (exact) mass is 534 g/mol. The van der Waals surface area contributed by atoms with Crippen LogP contribution in [0.1, 0.15) is 12.1 Å². The molecule has 0 fully saturated rings. The van der Waals surface area contributed by atoms with E-state index in [4.69, 9.17) is 15.8 Å². The summed E-state index contributed by atoms with van der Waals surface area (Å²) in [6.07, 6.45) is 4.54. The van der Waals surface area contributed by atoms with Crippen molar-refractivity contribution in [3.8, 4) is 22.4 Å². The van der Waals surface area contributed by atoms with Crippen LogP contribution < -0.4 is 5.73 Å². The van der Waals surface area contributed by atoms with Gasteiger partial charge >= 0.3 is 0 Å². The number of rotatable bonds is 5. The number of aliphatic hydroxyl groups is 2. The van der Waals surface area contributed by atoms with Crippen molar-refractivity contribution >= 4 is 38.9 Å². The molecular weight excluding hydrogens is 512 g/mol. The van der Waals surface area contributed by atoms with Crippen molar-refractivity contribution in [3.05, 3.63) is 71.1 Å². The largest absolute Gasteiger partial charge is 0.393 e. The summed E-state index contributed by atoms with van der Waals surface area (Å²) in [4.78, 5) is 23.2. The van der Waals surface area contributed by atoms with Crippen molar-refractivity contribution in [2.24, 2.45) is 0 Å². The molecule has 1 amide bonds. The van der Waals surface area contributed by atoms with Gasteiger partial charge in [-0.3, -0.25) is 9.78 Å². The van der Waals surface area contributed by atoms with E-state index < -0.39 is 18.6 Å². The van der Waals surface area contributed by atoms with Crippen LogP contribution in [0.5, 0.6) is 0 Å². The number of amides is 1. The molecule has 5 rings (SSSR count). The smallest absolute Gasteiger partial charge is 0.254 e. The van der Waals surface area contributed by atoms with E-state index in [1.165, 1.54) is 4.90 Å². The minimum absolute atomic E-state index is 0.307. The van der Waals surface area contributed by atoms with Gasteiger partial charge in [0.15, 0.2) is 11.8 Å².